The predicted octanol–water partition coefficient (Wildman–Crippen LogP) is 2.68. The summed E-state index contributed by atoms with van der Waals surface area (Å²) in [4.78, 5) is 26.7. The number of amides is 1. The average Bonchev–Trinajstić information content (AvgIpc) is 2.67. The van der Waals surface area contributed by atoms with E-state index in [4.69, 9.17) is 23.7 Å². The Labute approximate surface area is 172 Å². The maximum Gasteiger partial charge on any atom is 0.338 e. The van der Waals surface area contributed by atoms with Crippen molar-refractivity contribution in [1.29, 1.82) is 0 Å². The lowest BCUT2D eigenvalue weighted by atomic mass is 10.2. The van der Waals surface area contributed by atoms with Crippen LogP contribution in [0.5, 0.6) is 17.2 Å². The van der Waals surface area contributed by atoms with Crippen LogP contribution in [0.1, 0.15) is 45.0 Å². The molecule has 2 atom stereocenters. The van der Waals surface area contributed by atoms with Crippen molar-refractivity contribution in [3.8, 4) is 17.2 Å². The summed E-state index contributed by atoms with van der Waals surface area (Å²) in [5, 5.41) is 0. The summed E-state index contributed by atoms with van der Waals surface area (Å²) < 4.78 is 27.7. The minimum absolute atomic E-state index is 0.0491. The molecule has 0 bridgehead atoms. The Morgan fingerprint density at radius 2 is 1.48 bits per heavy atom. The molecule has 1 aliphatic rings. The number of carbonyl (C=O) groups is 2. The lowest BCUT2D eigenvalue weighted by molar-refractivity contribution is -0.146. The molecular formula is C21H31NO7. The number of ether oxygens (including phenoxy) is 5. The van der Waals surface area contributed by atoms with Gasteiger partial charge in [-0.2, -0.15) is 0 Å². The Bertz CT molecular complexity index is 669. The van der Waals surface area contributed by atoms with E-state index in [-0.39, 0.29) is 30.3 Å². The van der Waals surface area contributed by atoms with E-state index in [2.05, 4.69) is 0 Å². The van der Waals surface area contributed by atoms with E-state index in [0.717, 1.165) is 0 Å². The number of nitrogens with zero attached hydrogens (tertiary/aromatic N) is 1. The van der Waals surface area contributed by atoms with E-state index in [1.165, 1.54) is 0 Å². The molecule has 1 aromatic rings. The van der Waals surface area contributed by atoms with Crippen LogP contribution in [0.25, 0.3) is 0 Å². The number of esters is 1. The monoisotopic (exact) mass is 409 g/mol. The van der Waals surface area contributed by atoms with Crippen molar-refractivity contribution in [2.75, 3.05) is 39.5 Å². The van der Waals surface area contributed by atoms with E-state index in [0.29, 0.717) is 50.2 Å². The number of rotatable bonds is 9. The maximum absolute atomic E-state index is 12.6. The molecule has 0 radical (unpaired) electrons. The van der Waals surface area contributed by atoms with Gasteiger partial charge >= 0.3 is 5.97 Å². The summed E-state index contributed by atoms with van der Waals surface area (Å²) in [6, 6.07) is 3.09. The molecule has 2 unspecified atom stereocenters. The molecule has 0 saturated carbocycles. The molecular weight excluding hydrogens is 378 g/mol. The van der Waals surface area contributed by atoms with Gasteiger partial charge in [0.1, 0.15) is 0 Å². The van der Waals surface area contributed by atoms with E-state index < -0.39 is 5.97 Å². The van der Waals surface area contributed by atoms with Crippen LogP contribution in [0, 0.1) is 0 Å². The largest absolute Gasteiger partial charge is 0.490 e. The molecule has 162 valence electrons. The quantitative estimate of drug-likeness (QED) is 0.580. The molecule has 1 heterocycles. The van der Waals surface area contributed by atoms with Crippen LogP contribution in [-0.2, 0) is 14.3 Å². The standard InChI is InChI=1S/C21H31NO7/c1-6-25-17-9-16(10-18(26-7-2)20(17)27-8-3)21(24)28-13-19(23)22-11-14(4)29-15(5)12-22/h9-10,14-15H,6-8,11-13H2,1-5H3. The van der Waals surface area contributed by atoms with Gasteiger partial charge in [-0.15, -0.1) is 0 Å². The fraction of sp³-hybridized carbons (Fsp3) is 0.619. The molecule has 2 rings (SSSR count). The molecule has 0 N–H and O–H groups in total. The van der Waals surface area contributed by atoms with Crippen LogP contribution in [0.3, 0.4) is 0 Å². The van der Waals surface area contributed by atoms with Crippen molar-refractivity contribution in [3.05, 3.63) is 17.7 Å². The Kier molecular flexibility index (Phi) is 8.57. The fourth-order valence-corrected chi connectivity index (χ4v) is 3.19. The predicted molar refractivity (Wildman–Crippen MR) is 107 cm³/mol. The molecule has 8 nitrogen and oxygen atoms in total. The molecule has 8 heteroatoms. The number of hydrogen-bond donors (Lipinski definition) is 0. The molecule has 1 fully saturated rings. The smallest absolute Gasteiger partial charge is 0.338 e. The first kappa shape index (κ1) is 22.8. The second kappa shape index (κ2) is 10.9. The van der Waals surface area contributed by atoms with Crippen molar-refractivity contribution >= 4 is 11.9 Å². The van der Waals surface area contributed by atoms with Crippen molar-refractivity contribution in [1.82, 2.24) is 4.90 Å². The third-order valence-electron chi connectivity index (χ3n) is 4.24. The molecule has 0 spiro atoms. The zero-order valence-corrected chi connectivity index (χ0v) is 17.9. The van der Waals surface area contributed by atoms with Crippen molar-refractivity contribution in [3.63, 3.8) is 0 Å². The van der Waals surface area contributed by atoms with Crippen LogP contribution in [0.15, 0.2) is 12.1 Å². The van der Waals surface area contributed by atoms with Gasteiger partial charge in [0.15, 0.2) is 18.1 Å². The normalized spacial score (nSPS) is 18.9. The molecule has 29 heavy (non-hydrogen) atoms. The second-order valence-corrected chi connectivity index (χ2v) is 6.73. The summed E-state index contributed by atoms with van der Waals surface area (Å²) in [6.07, 6.45) is -0.0981. The van der Waals surface area contributed by atoms with E-state index in [9.17, 15) is 9.59 Å². The van der Waals surface area contributed by atoms with Gasteiger partial charge in [0, 0.05) is 13.1 Å². The zero-order valence-electron chi connectivity index (χ0n) is 17.9. The van der Waals surface area contributed by atoms with Crippen LogP contribution >= 0.6 is 0 Å². The summed E-state index contributed by atoms with van der Waals surface area (Å²) in [7, 11) is 0. The average molecular weight is 409 g/mol. The highest BCUT2D eigenvalue weighted by atomic mass is 16.5. The molecule has 1 amide bonds. The Hall–Kier alpha value is -2.48. The third kappa shape index (κ3) is 6.25. The van der Waals surface area contributed by atoms with Crippen molar-refractivity contribution < 1.29 is 33.3 Å². The number of hydrogen-bond acceptors (Lipinski definition) is 7. The van der Waals surface area contributed by atoms with Gasteiger partial charge in [-0.3, -0.25) is 4.79 Å². The molecule has 1 aliphatic heterocycles. The SMILES string of the molecule is CCOc1cc(C(=O)OCC(=O)N2CC(C)OC(C)C2)cc(OCC)c1OCC. The highest BCUT2D eigenvalue weighted by Crippen LogP contribution is 2.39. The summed E-state index contributed by atoms with van der Waals surface area (Å²) in [5.74, 6) is 0.364. The first-order chi connectivity index (χ1) is 13.9. The first-order valence-electron chi connectivity index (χ1n) is 10.1. The van der Waals surface area contributed by atoms with Crippen molar-refractivity contribution in [2.45, 2.75) is 46.8 Å². The Balaban J connectivity index is 2.11. The van der Waals surface area contributed by atoms with Crippen LogP contribution in [-0.4, -0.2) is 68.5 Å². The Morgan fingerprint density at radius 1 is 0.966 bits per heavy atom. The zero-order chi connectivity index (χ0) is 21.4. The first-order valence-corrected chi connectivity index (χ1v) is 10.1. The van der Waals surface area contributed by atoms with E-state index in [1.807, 2.05) is 34.6 Å². The second-order valence-electron chi connectivity index (χ2n) is 6.73. The molecule has 1 aromatic carbocycles. The van der Waals surface area contributed by atoms with E-state index >= 15 is 0 Å². The highest BCUT2D eigenvalue weighted by Gasteiger charge is 2.27. The van der Waals surface area contributed by atoms with E-state index in [1.54, 1.807) is 17.0 Å². The number of carbonyl (C=O) groups excluding carboxylic acids is 2. The lowest BCUT2D eigenvalue weighted by Crippen LogP contribution is -2.49. The highest BCUT2D eigenvalue weighted by molar-refractivity contribution is 5.92. The van der Waals surface area contributed by atoms with Crippen molar-refractivity contribution in [2.24, 2.45) is 0 Å². The topological polar surface area (TPSA) is 83.5 Å². The van der Waals surface area contributed by atoms with Gasteiger partial charge in [-0.1, -0.05) is 0 Å². The van der Waals surface area contributed by atoms with Gasteiger partial charge in [0.05, 0.1) is 37.6 Å². The Morgan fingerprint density at radius 3 is 1.97 bits per heavy atom. The minimum Gasteiger partial charge on any atom is -0.490 e. The fourth-order valence-electron chi connectivity index (χ4n) is 3.19. The van der Waals surface area contributed by atoms with Gasteiger partial charge in [0.2, 0.25) is 5.75 Å². The minimum atomic E-state index is -0.627. The van der Waals surface area contributed by atoms with Crippen LogP contribution in [0.4, 0.5) is 0 Å². The number of benzene rings is 1. The molecule has 0 aromatic heterocycles. The van der Waals surface area contributed by atoms with Crippen LogP contribution < -0.4 is 14.2 Å². The van der Waals surface area contributed by atoms with Gasteiger partial charge in [-0.05, 0) is 46.8 Å². The summed E-state index contributed by atoms with van der Waals surface area (Å²) in [5.41, 5.74) is 0.233. The van der Waals surface area contributed by atoms with Gasteiger partial charge < -0.3 is 28.6 Å². The van der Waals surface area contributed by atoms with Gasteiger partial charge in [0.25, 0.3) is 5.91 Å². The molecule has 1 saturated heterocycles. The van der Waals surface area contributed by atoms with Crippen LogP contribution in [0.2, 0.25) is 0 Å². The maximum atomic E-state index is 12.6. The van der Waals surface area contributed by atoms with Gasteiger partial charge in [-0.25, -0.2) is 4.79 Å². The number of morpholine rings is 1. The molecule has 0 aliphatic carbocycles. The third-order valence-corrected chi connectivity index (χ3v) is 4.24. The lowest BCUT2D eigenvalue weighted by Gasteiger charge is -2.35. The summed E-state index contributed by atoms with van der Waals surface area (Å²) >= 11 is 0. The summed E-state index contributed by atoms with van der Waals surface area (Å²) in [6.45, 7) is 11.2.